The first-order chi connectivity index (χ1) is 8.70. The molecule has 0 aliphatic carbocycles. The van der Waals surface area contributed by atoms with Crippen molar-refractivity contribution in [2.24, 2.45) is 11.7 Å². The van der Waals surface area contributed by atoms with E-state index in [4.69, 9.17) is 5.73 Å². The third kappa shape index (κ3) is 2.84. The van der Waals surface area contributed by atoms with Crippen LogP contribution in [0.5, 0.6) is 0 Å². The van der Waals surface area contributed by atoms with Crippen LogP contribution in [0.1, 0.15) is 13.3 Å². The van der Waals surface area contributed by atoms with Gasteiger partial charge in [-0.2, -0.15) is 0 Å². The molecule has 0 fully saturated rings. The van der Waals surface area contributed by atoms with Crippen LogP contribution in [0.25, 0.3) is 10.9 Å². The molecule has 2 rings (SSSR count). The fourth-order valence-corrected chi connectivity index (χ4v) is 1.81. The van der Waals surface area contributed by atoms with E-state index in [1.807, 2.05) is 37.3 Å². The van der Waals surface area contributed by atoms with Gasteiger partial charge in [-0.25, -0.2) is 0 Å². The number of benzene rings is 1. The van der Waals surface area contributed by atoms with Gasteiger partial charge in [0.15, 0.2) is 0 Å². The third-order valence-corrected chi connectivity index (χ3v) is 2.86. The number of hydrogen-bond donors (Lipinski definition) is 2. The second-order valence-corrected chi connectivity index (χ2v) is 4.47. The van der Waals surface area contributed by atoms with E-state index in [0.717, 1.165) is 16.6 Å². The fraction of sp³-hybridized carbons (Fsp3) is 0.286. The number of nitrogens with one attached hydrogen (secondary N) is 1. The molecular formula is C14H17N3O. The number of carbonyl (C=O) groups excluding carboxylic acids is 1. The first kappa shape index (κ1) is 12.5. The molecule has 0 saturated carbocycles. The Morgan fingerprint density at radius 1 is 1.39 bits per heavy atom. The van der Waals surface area contributed by atoms with Gasteiger partial charge in [-0.05, 0) is 36.7 Å². The minimum atomic E-state index is -0.00990. The van der Waals surface area contributed by atoms with Crippen LogP contribution in [0.3, 0.4) is 0 Å². The van der Waals surface area contributed by atoms with Crippen LogP contribution < -0.4 is 11.1 Å². The third-order valence-electron chi connectivity index (χ3n) is 2.86. The molecule has 0 aliphatic rings. The summed E-state index contributed by atoms with van der Waals surface area (Å²) in [4.78, 5) is 16.1. The van der Waals surface area contributed by atoms with Gasteiger partial charge in [0.1, 0.15) is 0 Å². The molecule has 18 heavy (non-hydrogen) atoms. The predicted molar refractivity (Wildman–Crippen MR) is 73.2 cm³/mol. The van der Waals surface area contributed by atoms with Gasteiger partial charge in [-0.3, -0.25) is 9.78 Å². The van der Waals surface area contributed by atoms with Crippen molar-refractivity contribution in [3.05, 3.63) is 36.5 Å². The van der Waals surface area contributed by atoms with Crippen molar-refractivity contribution in [2.45, 2.75) is 13.3 Å². The standard InChI is InChI=1S/C14H17N3O/c1-10(9-15)8-14(18)17-13-6-2-5-12-11(13)4-3-7-16-12/h2-7,10H,8-9,15H2,1H3,(H,17,18). The van der Waals surface area contributed by atoms with Crippen molar-refractivity contribution in [3.63, 3.8) is 0 Å². The van der Waals surface area contributed by atoms with Gasteiger partial charge in [-0.15, -0.1) is 0 Å². The van der Waals surface area contributed by atoms with Crippen LogP contribution in [0, 0.1) is 5.92 Å². The minimum Gasteiger partial charge on any atom is -0.330 e. The Hall–Kier alpha value is -1.94. The molecule has 1 heterocycles. The Labute approximate surface area is 106 Å². The number of hydrogen-bond acceptors (Lipinski definition) is 3. The number of nitrogens with zero attached hydrogens (tertiary/aromatic N) is 1. The zero-order chi connectivity index (χ0) is 13.0. The Morgan fingerprint density at radius 3 is 3.00 bits per heavy atom. The zero-order valence-electron chi connectivity index (χ0n) is 10.4. The maximum atomic E-state index is 11.8. The molecule has 3 N–H and O–H groups in total. The summed E-state index contributed by atoms with van der Waals surface area (Å²) >= 11 is 0. The van der Waals surface area contributed by atoms with Crippen molar-refractivity contribution in [3.8, 4) is 0 Å². The second kappa shape index (κ2) is 5.60. The number of anilines is 1. The van der Waals surface area contributed by atoms with Gasteiger partial charge < -0.3 is 11.1 Å². The van der Waals surface area contributed by atoms with Gasteiger partial charge >= 0.3 is 0 Å². The Kier molecular flexibility index (Phi) is 3.89. The van der Waals surface area contributed by atoms with Crippen LogP contribution in [-0.2, 0) is 4.79 Å². The maximum Gasteiger partial charge on any atom is 0.224 e. The van der Waals surface area contributed by atoms with Crippen LogP contribution in [0.4, 0.5) is 5.69 Å². The number of aromatic nitrogens is 1. The molecule has 1 unspecified atom stereocenters. The fourth-order valence-electron chi connectivity index (χ4n) is 1.81. The molecule has 1 aromatic heterocycles. The average Bonchev–Trinajstić information content (AvgIpc) is 2.39. The summed E-state index contributed by atoms with van der Waals surface area (Å²) in [6, 6.07) is 9.50. The minimum absolute atomic E-state index is 0.00990. The van der Waals surface area contributed by atoms with Gasteiger partial charge in [0.05, 0.1) is 11.2 Å². The lowest BCUT2D eigenvalue weighted by atomic mass is 10.1. The molecule has 94 valence electrons. The first-order valence-corrected chi connectivity index (χ1v) is 6.04. The van der Waals surface area contributed by atoms with Gasteiger partial charge in [0.25, 0.3) is 0 Å². The largest absolute Gasteiger partial charge is 0.330 e. The molecule has 1 aromatic carbocycles. The van der Waals surface area contributed by atoms with Crippen LogP contribution >= 0.6 is 0 Å². The summed E-state index contributed by atoms with van der Waals surface area (Å²) in [6.45, 7) is 2.48. The number of rotatable bonds is 4. The van der Waals surface area contributed by atoms with Crippen molar-refractivity contribution >= 4 is 22.5 Å². The number of amides is 1. The maximum absolute atomic E-state index is 11.8. The number of fused-ring (bicyclic) bond motifs is 1. The molecule has 1 amide bonds. The Morgan fingerprint density at radius 2 is 2.22 bits per heavy atom. The lowest BCUT2D eigenvalue weighted by Crippen LogP contribution is -2.20. The lowest BCUT2D eigenvalue weighted by Gasteiger charge is -2.10. The second-order valence-electron chi connectivity index (χ2n) is 4.47. The molecule has 4 heteroatoms. The van der Waals surface area contributed by atoms with Crippen molar-refractivity contribution in [2.75, 3.05) is 11.9 Å². The highest BCUT2D eigenvalue weighted by molar-refractivity contribution is 6.00. The van der Waals surface area contributed by atoms with E-state index in [0.29, 0.717) is 13.0 Å². The van der Waals surface area contributed by atoms with Crippen molar-refractivity contribution < 1.29 is 4.79 Å². The van der Waals surface area contributed by atoms with Gasteiger partial charge in [0, 0.05) is 18.0 Å². The molecule has 4 nitrogen and oxygen atoms in total. The van der Waals surface area contributed by atoms with Crippen LogP contribution in [0.2, 0.25) is 0 Å². The van der Waals surface area contributed by atoms with Gasteiger partial charge in [0.2, 0.25) is 5.91 Å². The summed E-state index contributed by atoms with van der Waals surface area (Å²) in [5.74, 6) is 0.183. The van der Waals surface area contributed by atoms with E-state index in [9.17, 15) is 4.79 Å². The normalized spacial score (nSPS) is 12.3. The molecular weight excluding hydrogens is 226 g/mol. The summed E-state index contributed by atoms with van der Waals surface area (Å²) in [5, 5.41) is 3.87. The van der Waals surface area contributed by atoms with Gasteiger partial charge in [-0.1, -0.05) is 13.0 Å². The summed E-state index contributed by atoms with van der Waals surface area (Å²) in [7, 11) is 0. The highest BCUT2D eigenvalue weighted by Crippen LogP contribution is 2.21. The lowest BCUT2D eigenvalue weighted by molar-refractivity contribution is -0.116. The molecule has 0 spiro atoms. The van der Waals surface area contributed by atoms with Crippen LogP contribution in [-0.4, -0.2) is 17.4 Å². The SMILES string of the molecule is CC(CN)CC(=O)Nc1cccc2ncccc12. The highest BCUT2D eigenvalue weighted by Gasteiger charge is 2.09. The Bertz CT molecular complexity index is 548. The molecule has 0 saturated heterocycles. The molecule has 0 bridgehead atoms. The predicted octanol–water partition coefficient (Wildman–Crippen LogP) is 2.16. The quantitative estimate of drug-likeness (QED) is 0.864. The van der Waals surface area contributed by atoms with E-state index in [-0.39, 0.29) is 11.8 Å². The summed E-state index contributed by atoms with van der Waals surface area (Å²) in [6.07, 6.45) is 2.18. The smallest absolute Gasteiger partial charge is 0.224 e. The first-order valence-electron chi connectivity index (χ1n) is 6.04. The molecule has 2 aromatic rings. The van der Waals surface area contributed by atoms with E-state index >= 15 is 0 Å². The van der Waals surface area contributed by atoms with E-state index < -0.39 is 0 Å². The topological polar surface area (TPSA) is 68.0 Å². The highest BCUT2D eigenvalue weighted by atomic mass is 16.1. The molecule has 1 atom stereocenters. The Balaban J connectivity index is 2.19. The van der Waals surface area contributed by atoms with Crippen molar-refractivity contribution in [1.29, 1.82) is 0 Å². The van der Waals surface area contributed by atoms with E-state index in [1.165, 1.54) is 0 Å². The average molecular weight is 243 g/mol. The summed E-state index contributed by atoms with van der Waals surface area (Å²) in [5.41, 5.74) is 7.19. The number of carbonyl (C=O) groups is 1. The van der Waals surface area contributed by atoms with Crippen molar-refractivity contribution in [1.82, 2.24) is 4.98 Å². The zero-order valence-corrected chi connectivity index (χ0v) is 10.4. The van der Waals surface area contributed by atoms with E-state index in [2.05, 4.69) is 10.3 Å². The monoisotopic (exact) mass is 243 g/mol. The number of nitrogens with two attached hydrogens (primary N) is 1. The van der Waals surface area contributed by atoms with E-state index in [1.54, 1.807) is 6.20 Å². The number of pyridine rings is 1. The summed E-state index contributed by atoms with van der Waals surface area (Å²) < 4.78 is 0. The molecule has 0 radical (unpaired) electrons. The van der Waals surface area contributed by atoms with Crippen LogP contribution in [0.15, 0.2) is 36.5 Å². The molecule has 0 aliphatic heterocycles.